The molecule has 1 heterocycles. The number of nitrogens with one attached hydrogen (secondary N) is 1. The number of hydrogen-bond donors (Lipinski definition) is 1. The van der Waals surface area contributed by atoms with E-state index in [1.54, 1.807) is 6.20 Å². The van der Waals surface area contributed by atoms with E-state index >= 15 is 0 Å². The Labute approximate surface area is 138 Å². The monoisotopic (exact) mass is 311 g/mol. The molecule has 122 valence electrons. The van der Waals surface area contributed by atoms with Crippen LogP contribution in [-0.4, -0.2) is 28.9 Å². The van der Waals surface area contributed by atoms with Gasteiger partial charge in [0.05, 0.1) is 5.69 Å². The number of hydrogen-bond acceptors (Lipinski definition) is 3. The lowest BCUT2D eigenvalue weighted by Crippen LogP contribution is -2.40. The first-order chi connectivity index (χ1) is 11.2. The van der Waals surface area contributed by atoms with Crippen LogP contribution < -0.4 is 5.32 Å². The highest BCUT2D eigenvalue weighted by atomic mass is 16.2. The van der Waals surface area contributed by atoms with E-state index in [1.807, 2.05) is 68.1 Å². The number of rotatable bonds is 7. The summed E-state index contributed by atoms with van der Waals surface area (Å²) in [6.07, 6.45) is 1.79. The molecule has 23 heavy (non-hydrogen) atoms. The average molecular weight is 311 g/mol. The fourth-order valence-electron chi connectivity index (χ4n) is 2.61. The number of amides is 1. The van der Waals surface area contributed by atoms with Gasteiger partial charge in [0.25, 0.3) is 0 Å². The van der Waals surface area contributed by atoms with E-state index < -0.39 is 0 Å². The van der Waals surface area contributed by atoms with E-state index in [0.717, 1.165) is 16.8 Å². The third-order valence-corrected chi connectivity index (χ3v) is 4.05. The van der Waals surface area contributed by atoms with Crippen LogP contribution in [0.25, 0.3) is 0 Å². The number of carbonyl (C=O) groups excluding carboxylic acids is 1. The largest absolute Gasteiger partial charge is 0.342 e. The molecule has 0 fully saturated rings. The van der Waals surface area contributed by atoms with Gasteiger partial charge in [-0.05, 0) is 38.0 Å². The fraction of sp³-hybridized carbons (Fsp3) is 0.368. The summed E-state index contributed by atoms with van der Waals surface area (Å²) in [5.41, 5.74) is 3.08. The summed E-state index contributed by atoms with van der Waals surface area (Å²) in [4.78, 5) is 19.1. The highest BCUT2D eigenvalue weighted by Gasteiger charge is 2.24. The number of nitrogens with zero attached hydrogens (tertiary/aromatic N) is 2. The molecule has 4 heteroatoms. The molecule has 1 aromatic carbocycles. The van der Waals surface area contributed by atoms with Gasteiger partial charge in [0.1, 0.15) is 6.04 Å². The molecule has 0 saturated carbocycles. The quantitative estimate of drug-likeness (QED) is 0.854. The van der Waals surface area contributed by atoms with Crippen LogP contribution in [0.4, 0.5) is 0 Å². The van der Waals surface area contributed by atoms with Crippen LogP contribution in [0.5, 0.6) is 0 Å². The highest BCUT2D eigenvalue weighted by molar-refractivity contribution is 5.83. The molecular weight excluding hydrogens is 286 g/mol. The molecule has 0 radical (unpaired) electrons. The molecule has 0 aliphatic heterocycles. The van der Waals surface area contributed by atoms with Crippen LogP contribution in [0.1, 0.15) is 36.7 Å². The Kier molecular flexibility index (Phi) is 6.29. The minimum atomic E-state index is -0.350. The maximum atomic E-state index is 12.9. The molecule has 1 amide bonds. The van der Waals surface area contributed by atoms with Crippen molar-refractivity contribution in [1.82, 2.24) is 15.2 Å². The molecule has 0 aliphatic carbocycles. The van der Waals surface area contributed by atoms with Crippen molar-refractivity contribution in [2.24, 2.45) is 0 Å². The van der Waals surface area contributed by atoms with Gasteiger partial charge in [0.2, 0.25) is 5.91 Å². The minimum absolute atomic E-state index is 0.106. The van der Waals surface area contributed by atoms with Gasteiger partial charge >= 0.3 is 0 Å². The predicted molar refractivity (Wildman–Crippen MR) is 92.9 cm³/mol. The molecular formula is C19H25N3O. The third-order valence-electron chi connectivity index (χ3n) is 4.05. The normalized spacial score (nSPS) is 12.0. The summed E-state index contributed by atoms with van der Waals surface area (Å²) in [6.45, 7) is 8.04. The summed E-state index contributed by atoms with van der Waals surface area (Å²) >= 11 is 0. The van der Waals surface area contributed by atoms with Gasteiger partial charge in [-0.2, -0.15) is 0 Å². The first kappa shape index (κ1) is 17.2. The maximum absolute atomic E-state index is 12.9. The molecule has 1 aromatic heterocycles. The fourth-order valence-corrected chi connectivity index (χ4v) is 2.61. The molecule has 4 nitrogen and oxygen atoms in total. The van der Waals surface area contributed by atoms with Crippen LogP contribution in [0.2, 0.25) is 0 Å². The second kappa shape index (κ2) is 8.44. The molecule has 2 rings (SSSR count). The Morgan fingerprint density at radius 2 is 1.83 bits per heavy atom. The van der Waals surface area contributed by atoms with Crippen LogP contribution in [0.15, 0.2) is 48.7 Å². The lowest BCUT2D eigenvalue weighted by molar-refractivity contribution is -0.133. The average Bonchev–Trinajstić information content (AvgIpc) is 2.59. The molecule has 0 saturated heterocycles. The Bertz CT molecular complexity index is 624. The van der Waals surface area contributed by atoms with Gasteiger partial charge in [-0.1, -0.05) is 36.4 Å². The van der Waals surface area contributed by atoms with Gasteiger partial charge in [0.15, 0.2) is 0 Å². The smallest absolute Gasteiger partial charge is 0.244 e. The van der Waals surface area contributed by atoms with Crippen molar-refractivity contribution in [2.45, 2.75) is 33.4 Å². The summed E-state index contributed by atoms with van der Waals surface area (Å²) in [5.74, 6) is 0.106. The van der Waals surface area contributed by atoms with Crippen molar-refractivity contribution in [1.29, 1.82) is 0 Å². The molecule has 1 N–H and O–H groups in total. The zero-order valence-electron chi connectivity index (χ0n) is 14.1. The van der Waals surface area contributed by atoms with Crippen LogP contribution in [0.3, 0.4) is 0 Å². The summed E-state index contributed by atoms with van der Waals surface area (Å²) in [5, 5.41) is 3.39. The van der Waals surface area contributed by atoms with E-state index in [2.05, 4.69) is 10.3 Å². The molecule has 1 atom stereocenters. The Hall–Kier alpha value is -2.20. The number of aromatic nitrogens is 1. The number of aryl methyl sites for hydroxylation is 1. The van der Waals surface area contributed by atoms with Gasteiger partial charge in [-0.15, -0.1) is 0 Å². The maximum Gasteiger partial charge on any atom is 0.244 e. The highest BCUT2D eigenvalue weighted by Crippen LogP contribution is 2.17. The number of pyridine rings is 1. The summed E-state index contributed by atoms with van der Waals surface area (Å²) in [7, 11) is 0. The second-order valence-electron chi connectivity index (χ2n) is 5.50. The van der Waals surface area contributed by atoms with Crippen LogP contribution in [-0.2, 0) is 11.3 Å². The molecule has 0 bridgehead atoms. The van der Waals surface area contributed by atoms with E-state index in [4.69, 9.17) is 0 Å². The standard InChI is InChI=1S/C19H25N3O/c1-4-22(5-2)19(23)18(16-11-7-6-8-12-16)21-14-17-15(3)10-9-13-20-17/h6-13,18,21H,4-5,14H2,1-3H3/t18-/m0/s1. The van der Waals surface area contributed by atoms with E-state index in [0.29, 0.717) is 19.6 Å². The Balaban J connectivity index is 2.20. The number of benzene rings is 1. The van der Waals surface area contributed by atoms with E-state index in [9.17, 15) is 4.79 Å². The number of carbonyl (C=O) groups is 1. The molecule has 0 spiro atoms. The summed E-state index contributed by atoms with van der Waals surface area (Å²) in [6, 6.07) is 13.5. The van der Waals surface area contributed by atoms with Gasteiger partial charge in [-0.3, -0.25) is 15.1 Å². The second-order valence-corrected chi connectivity index (χ2v) is 5.50. The van der Waals surface area contributed by atoms with Crippen molar-refractivity contribution in [3.05, 3.63) is 65.5 Å². The van der Waals surface area contributed by atoms with Crippen LogP contribution in [0, 0.1) is 6.92 Å². The minimum Gasteiger partial charge on any atom is -0.342 e. The zero-order chi connectivity index (χ0) is 16.7. The molecule has 0 unspecified atom stereocenters. The predicted octanol–water partition coefficient (Wildman–Crippen LogP) is 3.09. The number of likely N-dealkylation sites (N-methyl/N-ethyl adjacent to an activating group) is 1. The van der Waals surface area contributed by atoms with Crippen molar-refractivity contribution in [3.8, 4) is 0 Å². The van der Waals surface area contributed by atoms with Gasteiger partial charge < -0.3 is 4.90 Å². The lowest BCUT2D eigenvalue weighted by Gasteiger charge is -2.26. The van der Waals surface area contributed by atoms with Gasteiger partial charge in [0, 0.05) is 25.8 Å². The van der Waals surface area contributed by atoms with Crippen LogP contribution >= 0.6 is 0 Å². The molecule has 2 aromatic rings. The van der Waals surface area contributed by atoms with E-state index in [1.165, 1.54) is 0 Å². The van der Waals surface area contributed by atoms with Gasteiger partial charge in [-0.25, -0.2) is 0 Å². The van der Waals surface area contributed by atoms with Crippen molar-refractivity contribution in [2.75, 3.05) is 13.1 Å². The summed E-state index contributed by atoms with van der Waals surface area (Å²) < 4.78 is 0. The zero-order valence-corrected chi connectivity index (χ0v) is 14.1. The molecule has 0 aliphatic rings. The SMILES string of the molecule is CCN(CC)C(=O)[C@@H](NCc1ncccc1C)c1ccccc1. The first-order valence-electron chi connectivity index (χ1n) is 8.15. The topological polar surface area (TPSA) is 45.2 Å². The Morgan fingerprint density at radius 3 is 2.43 bits per heavy atom. The Morgan fingerprint density at radius 1 is 1.13 bits per heavy atom. The lowest BCUT2D eigenvalue weighted by atomic mass is 10.0. The van der Waals surface area contributed by atoms with Crippen molar-refractivity contribution in [3.63, 3.8) is 0 Å². The van der Waals surface area contributed by atoms with Crippen molar-refractivity contribution >= 4 is 5.91 Å². The first-order valence-corrected chi connectivity index (χ1v) is 8.15. The van der Waals surface area contributed by atoms with Crippen molar-refractivity contribution < 1.29 is 4.79 Å². The van der Waals surface area contributed by atoms with E-state index in [-0.39, 0.29) is 11.9 Å². The third kappa shape index (κ3) is 4.39.